The van der Waals surface area contributed by atoms with Crippen LogP contribution in [0.5, 0.6) is 0 Å². The number of carbonyl (C=O) groups is 6. The molecule has 0 aromatic heterocycles. The molecule has 0 saturated carbocycles. The maximum absolute atomic E-state index is 12.7. The molecule has 0 radical (unpaired) electrons. The van der Waals surface area contributed by atoms with Gasteiger partial charge < -0.3 is 53.2 Å². The summed E-state index contributed by atoms with van der Waals surface area (Å²) in [6.45, 7) is 1.77. The van der Waals surface area contributed by atoms with E-state index in [9.17, 15) is 44.1 Å². The van der Waals surface area contributed by atoms with E-state index in [1.54, 1.807) is 13.8 Å². The summed E-state index contributed by atoms with van der Waals surface area (Å²) in [5.41, 5.74) is 11.1. The summed E-state index contributed by atoms with van der Waals surface area (Å²) >= 11 is 0. The highest BCUT2D eigenvalue weighted by Crippen LogP contribution is 2.04. The quantitative estimate of drug-likeness (QED) is 0.0691. The molecule has 4 amide bonds. The minimum atomic E-state index is -1.66. The van der Waals surface area contributed by atoms with Crippen LogP contribution in [0.1, 0.15) is 46.0 Å². The number of carboxylic acid groups (broad SMARTS) is 2. The monoisotopic (exact) mass is 548 g/mol. The summed E-state index contributed by atoms with van der Waals surface area (Å²) in [5, 5.41) is 46.2. The number of nitrogens with one attached hydrogen (secondary N) is 4. The molecule has 0 fully saturated rings. The highest BCUT2D eigenvalue weighted by atomic mass is 16.4. The van der Waals surface area contributed by atoms with Gasteiger partial charge in [0.1, 0.15) is 24.2 Å². The number of amides is 4. The summed E-state index contributed by atoms with van der Waals surface area (Å²) in [6, 6.07) is -6.99. The van der Waals surface area contributed by atoms with Crippen LogP contribution in [0.25, 0.3) is 0 Å². The van der Waals surface area contributed by atoms with Crippen LogP contribution in [0.2, 0.25) is 0 Å². The lowest BCUT2D eigenvalue weighted by Gasteiger charge is -2.25. The first-order valence-electron chi connectivity index (χ1n) is 12.1. The molecule has 0 rings (SSSR count). The van der Waals surface area contributed by atoms with Crippen molar-refractivity contribution < 1.29 is 49.2 Å². The fraction of sp³-hybridized carbons (Fsp3) is 0.727. The van der Waals surface area contributed by atoms with Gasteiger partial charge >= 0.3 is 11.9 Å². The Bertz CT molecular complexity index is 824. The molecule has 38 heavy (non-hydrogen) atoms. The van der Waals surface area contributed by atoms with Gasteiger partial charge in [0.15, 0.2) is 0 Å². The summed E-state index contributed by atoms with van der Waals surface area (Å²) in [7, 11) is 0. The van der Waals surface area contributed by atoms with Gasteiger partial charge in [0, 0.05) is 6.42 Å². The number of rotatable bonds is 19. The van der Waals surface area contributed by atoms with Gasteiger partial charge in [-0.1, -0.05) is 13.8 Å². The third-order valence-electron chi connectivity index (χ3n) is 5.49. The zero-order chi connectivity index (χ0) is 29.4. The SMILES string of the molecule is CC(C)[C@H](N)C(=O)N[C@@H](CCC(=O)O)C(=O)N[C@@H](CO)C(=O)N[C@@H](CO)C(=O)N[C@@H](CCCCN)C(=O)O. The molecule has 16 nitrogen and oxygen atoms in total. The van der Waals surface area contributed by atoms with Crippen molar-refractivity contribution in [2.24, 2.45) is 17.4 Å². The van der Waals surface area contributed by atoms with E-state index in [1.165, 1.54) is 0 Å². The lowest BCUT2D eigenvalue weighted by molar-refractivity contribution is -0.143. The Morgan fingerprint density at radius 2 is 1.13 bits per heavy atom. The van der Waals surface area contributed by atoms with Gasteiger partial charge in [-0.2, -0.15) is 0 Å². The minimum Gasteiger partial charge on any atom is -0.481 e. The number of hydrogen-bond acceptors (Lipinski definition) is 10. The number of hydrogen-bond donors (Lipinski definition) is 10. The first-order chi connectivity index (χ1) is 17.8. The molecule has 5 atom stereocenters. The molecular weight excluding hydrogens is 508 g/mol. The molecule has 218 valence electrons. The predicted octanol–water partition coefficient (Wildman–Crippen LogP) is -4.03. The Labute approximate surface area is 219 Å². The molecule has 0 aromatic carbocycles. The average Bonchev–Trinajstić information content (AvgIpc) is 2.86. The van der Waals surface area contributed by atoms with Crippen molar-refractivity contribution in [2.75, 3.05) is 19.8 Å². The van der Waals surface area contributed by atoms with Crippen LogP contribution in [0.15, 0.2) is 0 Å². The Morgan fingerprint density at radius 3 is 1.53 bits per heavy atom. The Kier molecular flexibility index (Phi) is 16.4. The number of carboxylic acids is 2. The molecular formula is C22H40N6O10. The van der Waals surface area contributed by atoms with Gasteiger partial charge in [0.2, 0.25) is 23.6 Å². The maximum atomic E-state index is 12.7. The molecule has 16 heteroatoms. The number of nitrogens with two attached hydrogens (primary N) is 2. The van der Waals surface area contributed by atoms with E-state index in [1.807, 2.05) is 0 Å². The van der Waals surface area contributed by atoms with E-state index in [0.29, 0.717) is 19.4 Å². The molecule has 0 saturated heterocycles. The molecule has 0 heterocycles. The van der Waals surface area contributed by atoms with Gasteiger partial charge in [-0.25, -0.2) is 4.79 Å². The standard InChI is InChI=1S/C22H40N6O10/c1-11(2)17(24)21(36)25-12(6-7-16(31)32)18(33)27-15(10-30)20(35)28-14(9-29)19(34)26-13(22(37)38)5-3-4-8-23/h11-15,17,29-30H,3-10,23-24H2,1-2H3,(H,25,36)(H,26,34)(H,27,33)(H,28,35)(H,31,32)(H,37,38)/t12-,13-,14-,15-,17-/m0/s1. The number of aliphatic hydroxyl groups is 2. The highest BCUT2D eigenvalue weighted by Gasteiger charge is 2.31. The molecule has 0 aliphatic heterocycles. The third-order valence-corrected chi connectivity index (χ3v) is 5.49. The second kappa shape index (κ2) is 18.0. The highest BCUT2D eigenvalue weighted by molar-refractivity contribution is 5.95. The van der Waals surface area contributed by atoms with Gasteiger partial charge in [0.25, 0.3) is 0 Å². The summed E-state index contributed by atoms with van der Waals surface area (Å²) < 4.78 is 0. The summed E-state index contributed by atoms with van der Waals surface area (Å²) in [5.74, 6) is -6.72. The van der Waals surface area contributed by atoms with Crippen molar-refractivity contribution in [3.63, 3.8) is 0 Å². The Balaban J connectivity index is 5.38. The molecule has 0 aliphatic rings. The van der Waals surface area contributed by atoms with Crippen molar-refractivity contribution in [1.29, 1.82) is 0 Å². The zero-order valence-corrected chi connectivity index (χ0v) is 21.5. The number of unbranched alkanes of at least 4 members (excludes halogenated alkanes) is 1. The summed E-state index contributed by atoms with van der Waals surface area (Å²) in [6.07, 6.45) is 0.136. The Hall–Kier alpha value is -3.34. The predicted molar refractivity (Wildman–Crippen MR) is 132 cm³/mol. The van der Waals surface area contributed by atoms with Crippen LogP contribution in [-0.2, 0) is 28.8 Å². The van der Waals surface area contributed by atoms with Crippen molar-refractivity contribution in [3.05, 3.63) is 0 Å². The normalized spacial score (nSPS) is 14.9. The lowest BCUT2D eigenvalue weighted by atomic mass is 10.0. The molecule has 0 bridgehead atoms. The third kappa shape index (κ3) is 12.8. The Morgan fingerprint density at radius 1 is 0.684 bits per heavy atom. The van der Waals surface area contributed by atoms with Crippen LogP contribution >= 0.6 is 0 Å². The fourth-order valence-corrected chi connectivity index (χ4v) is 3.06. The fourth-order valence-electron chi connectivity index (χ4n) is 3.06. The minimum absolute atomic E-state index is 0.0591. The van der Waals surface area contributed by atoms with E-state index in [4.69, 9.17) is 16.6 Å². The molecule has 0 aromatic rings. The zero-order valence-electron chi connectivity index (χ0n) is 21.5. The second-order valence-corrected chi connectivity index (χ2v) is 8.93. The van der Waals surface area contributed by atoms with Crippen LogP contribution in [0.4, 0.5) is 0 Å². The number of carbonyl (C=O) groups excluding carboxylic acids is 4. The largest absolute Gasteiger partial charge is 0.481 e. The van der Waals surface area contributed by atoms with E-state index in [-0.39, 0.29) is 18.8 Å². The second-order valence-electron chi connectivity index (χ2n) is 8.93. The van der Waals surface area contributed by atoms with Crippen LogP contribution in [0.3, 0.4) is 0 Å². The maximum Gasteiger partial charge on any atom is 0.326 e. The lowest BCUT2D eigenvalue weighted by Crippen LogP contribution is -2.60. The molecule has 0 unspecified atom stereocenters. The van der Waals surface area contributed by atoms with Gasteiger partial charge in [-0.15, -0.1) is 0 Å². The van der Waals surface area contributed by atoms with Gasteiger partial charge in [-0.3, -0.25) is 24.0 Å². The molecule has 0 spiro atoms. The van der Waals surface area contributed by atoms with E-state index < -0.39 is 85.4 Å². The van der Waals surface area contributed by atoms with Crippen molar-refractivity contribution >= 4 is 35.6 Å². The first kappa shape index (κ1) is 34.7. The topological polar surface area (TPSA) is 284 Å². The van der Waals surface area contributed by atoms with Crippen molar-refractivity contribution in [1.82, 2.24) is 21.3 Å². The number of aliphatic carboxylic acids is 2. The van der Waals surface area contributed by atoms with Gasteiger partial charge in [0.05, 0.1) is 19.3 Å². The van der Waals surface area contributed by atoms with E-state index in [0.717, 1.165) is 0 Å². The van der Waals surface area contributed by atoms with Crippen LogP contribution < -0.4 is 32.7 Å². The van der Waals surface area contributed by atoms with Gasteiger partial charge in [-0.05, 0) is 38.1 Å². The van der Waals surface area contributed by atoms with Crippen LogP contribution in [-0.4, -0.2) is 106 Å². The summed E-state index contributed by atoms with van der Waals surface area (Å²) in [4.78, 5) is 72.5. The molecule has 12 N–H and O–H groups in total. The van der Waals surface area contributed by atoms with Crippen molar-refractivity contribution in [3.8, 4) is 0 Å². The number of aliphatic hydroxyl groups excluding tert-OH is 2. The molecule has 0 aliphatic carbocycles. The van der Waals surface area contributed by atoms with Crippen molar-refractivity contribution in [2.45, 2.75) is 76.2 Å². The van der Waals surface area contributed by atoms with Crippen LogP contribution in [0, 0.1) is 5.92 Å². The van der Waals surface area contributed by atoms with E-state index >= 15 is 0 Å². The first-order valence-corrected chi connectivity index (χ1v) is 12.1. The van der Waals surface area contributed by atoms with E-state index in [2.05, 4.69) is 21.3 Å². The smallest absolute Gasteiger partial charge is 0.326 e. The average molecular weight is 549 g/mol.